The van der Waals surface area contributed by atoms with Gasteiger partial charge in [-0.05, 0) is 42.0 Å². The molecule has 1 aromatic heterocycles. The van der Waals surface area contributed by atoms with Crippen molar-refractivity contribution >= 4 is 28.3 Å². The van der Waals surface area contributed by atoms with Crippen molar-refractivity contribution in [1.29, 1.82) is 0 Å². The molecular weight excluding hydrogens is 385 g/mol. The second-order valence-electron chi connectivity index (χ2n) is 6.24. The Morgan fingerprint density at radius 3 is 2.52 bits per heavy atom. The molecule has 0 saturated carbocycles. The number of carbonyl (C=O) groups excluding carboxylic acids is 1. The van der Waals surface area contributed by atoms with Gasteiger partial charge < -0.3 is 10.6 Å². The third kappa shape index (κ3) is 4.38. The lowest BCUT2D eigenvalue weighted by Gasteiger charge is -2.23. The predicted molar refractivity (Wildman–Crippen MR) is 103 cm³/mol. The fraction of sp³-hybridized carbons (Fsp3) is 0.150. The molecule has 6 nitrogen and oxygen atoms in total. The molecule has 0 amide bonds. The van der Waals surface area contributed by atoms with Crippen LogP contribution in [0.25, 0.3) is 10.9 Å². The molecule has 3 rings (SSSR count). The molecule has 3 aromatic rings. The molecule has 0 aliphatic carbocycles. The summed E-state index contributed by atoms with van der Waals surface area (Å²) in [6.07, 6.45) is 0.479. The normalized spacial score (nSPS) is 11.2. The fourth-order valence-corrected chi connectivity index (χ4v) is 2.86. The lowest BCUT2D eigenvalue weighted by Crippen LogP contribution is -2.24. The highest BCUT2D eigenvalue weighted by Crippen LogP contribution is 2.24. The Balaban J connectivity index is 1.89. The summed E-state index contributed by atoms with van der Waals surface area (Å²) in [6, 6.07) is 10.0. The molecular formula is C20H15F3N4O2. The van der Waals surface area contributed by atoms with Crippen molar-refractivity contribution in [2.24, 2.45) is 0 Å². The van der Waals surface area contributed by atoms with Gasteiger partial charge in [0.15, 0.2) is 0 Å². The van der Waals surface area contributed by atoms with Crippen LogP contribution < -0.4 is 16.2 Å². The van der Waals surface area contributed by atoms with Crippen LogP contribution in [-0.2, 0) is 6.54 Å². The number of fused-ring (bicyclic) bond motifs is 1. The van der Waals surface area contributed by atoms with Crippen LogP contribution in [0.15, 0.2) is 47.3 Å². The number of terminal acetylenes is 1. The first kappa shape index (κ1) is 19.9. The van der Waals surface area contributed by atoms with E-state index in [1.807, 2.05) is 0 Å². The number of Topliss-reactive ketones (excluding diaryl/α,β-unsaturated/α-hetero) is 1. The second-order valence-corrected chi connectivity index (χ2v) is 6.24. The summed E-state index contributed by atoms with van der Waals surface area (Å²) in [7, 11) is 0. The van der Waals surface area contributed by atoms with Gasteiger partial charge in [-0.1, -0.05) is 12.0 Å². The summed E-state index contributed by atoms with van der Waals surface area (Å²) in [4.78, 5) is 31.6. The molecule has 0 atom stereocenters. The summed E-state index contributed by atoms with van der Waals surface area (Å²) < 4.78 is 37.7. The van der Waals surface area contributed by atoms with Crippen LogP contribution in [0.4, 0.5) is 24.8 Å². The van der Waals surface area contributed by atoms with E-state index < -0.39 is 17.5 Å². The Hall–Kier alpha value is -3.80. The summed E-state index contributed by atoms with van der Waals surface area (Å²) in [5.74, 6) is 0.589. The molecule has 2 aromatic carbocycles. The Bertz CT molecular complexity index is 1160. The monoisotopic (exact) mass is 400 g/mol. The lowest BCUT2D eigenvalue weighted by molar-refractivity contribution is -0.0885. The third-order valence-electron chi connectivity index (χ3n) is 4.20. The van der Waals surface area contributed by atoms with Crippen molar-refractivity contribution in [3.8, 4) is 12.3 Å². The van der Waals surface area contributed by atoms with Crippen molar-refractivity contribution in [1.82, 2.24) is 9.97 Å². The van der Waals surface area contributed by atoms with E-state index >= 15 is 0 Å². The minimum absolute atomic E-state index is 0.0118. The summed E-state index contributed by atoms with van der Waals surface area (Å²) in [6.45, 7) is 0.456. The molecule has 0 aliphatic heterocycles. The molecule has 0 bridgehead atoms. The fourth-order valence-electron chi connectivity index (χ4n) is 2.86. The Morgan fingerprint density at radius 1 is 1.21 bits per heavy atom. The number of halogens is 3. The summed E-state index contributed by atoms with van der Waals surface area (Å²) in [5, 5.41) is 0.350. The standard InChI is InChI=1S/C20H15F3N4O2/c1-2-9-27(14-6-4-13(5-7-14)17(28)20(21,22)23)11-12-3-8-16-15(10-12)18(29)26-19(24)25-16/h1,3-8,10H,9,11H2,(H3,24,25,26,29). The van der Waals surface area contributed by atoms with E-state index in [1.165, 1.54) is 12.1 Å². The average molecular weight is 400 g/mol. The molecule has 0 aliphatic rings. The first-order valence-electron chi connectivity index (χ1n) is 8.37. The van der Waals surface area contributed by atoms with Crippen molar-refractivity contribution in [2.75, 3.05) is 17.2 Å². The van der Waals surface area contributed by atoms with Gasteiger partial charge in [0.2, 0.25) is 5.95 Å². The van der Waals surface area contributed by atoms with Gasteiger partial charge in [-0.3, -0.25) is 14.6 Å². The molecule has 0 unspecified atom stereocenters. The number of hydrogen-bond acceptors (Lipinski definition) is 5. The third-order valence-corrected chi connectivity index (χ3v) is 4.20. The quantitative estimate of drug-likeness (QED) is 0.508. The van der Waals surface area contributed by atoms with E-state index in [9.17, 15) is 22.8 Å². The van der Waals surface area contributed by atoms with Gasteiger partial charge in [0, 0.05) is 17.8 Å². The second kappa shape index (κ2) is 7.67. The SMILES string of the molecule is C#CCN(Cc1ccc2nc(N)[nH]c(=O)c2c1)c1ccc(C(=O)C(F)(F)F)cc1. The zero-order chi connectivity index (χ0) is 21.2. The maximum Gasteiger partial charge on any atom is 0.454 e. The smallest absolute Gasteiger partial charge is 0.369 e. The Morgan fingerprint density at radius 2 is 1.90 bits per heavy atom. The number of H-pyrrole nitrogens is 1. The number of anilines is 2. The number of ketones is 1. The van der Waals surface area contributed by atoms with Crippen molar-refractivity contribution in [3.63, 3.8) is 0 Å². The van der Waals surface area contributed by atoms with Crippen molar-refractivity contribution < 1.29 is 18.0 Å². The van der Waals surface area contributed by atoms with Gasteiger partial charge in [0.05, 0.1) is 17.4 Å². The average Bonchev–Trinajstić information content (AvgIpc) is 2.67. The van der Waals surface area contributed by atoms with Crippen LogP contribution in [0.5, 0.6) is 0 Å². The molecule has 9 heteroatoms. The highest BCUT2D eigenvalue weighted by Gasteiger charge is 2.39. The number of nitrogens with zero attached hydrogens (tertiary/aromatic N) is 2. The molecule has 0 radical (unpaired) electrons. The molecule has 0 saturated heterocycles. The number of rotatable bonds is 5. The summed E-state index contributed by atoms with van der Waals surface area (Å²) in [5.41, 5.74) is 6.40. The van der Waals surface area contributed by atoms with Gasteiger partial charge >= 0.3 is 6.18 Å². The number of nitrogens with two attached hydrogens (primary N) is 1. The summed E-state index contributed by atoms with van der Waals surface area (Å²) >= 11 is 0. The van der Waals surface area contributed by atoms with Gasteiger partial charge in [-0.15, -0.1) is 6.42 Å². The van der Waals surface area contributed by atoms with Crippen LogP contribution in [0.3, 0.4) is 0 Å². The number of alkyl halides is 3. The maximum atomic E-state index is 12.6. The van der Waals surface area contributed by atoms with E-state index in [2.05, 4.69) is 15.9 Å². The number of nitrogens with one attached hydrogen (secondary N) is 1. The largest absolute Gasteiger partial charge is 0.454 e. The van der Waals surface area contributed by atoms with E-state index in [0.717, 1.165) is 17.7 Å². The minimum atomic E-state index is -4.93. The number of benzene rings is 2. The number of aromatic amines is 1. The highest BCUT2D eigenvalue weighted by molar-refractivity contribution is 6.00. The topological polar surface area (TPSA) is 92.1 Å². The van der Waals surface area contributed by atoms with E-state index in [-0.39, 0.29) is 24.6 Å². The highest BCUT2D eigenvalue weighted by atomic mass is 19.4. The van der Waals surface area contributed by atoms with Gasteiger partial charge in [0.25, 0.3) is 11.3 Å². The van der Waals surface area contributed by atoms with Crippen LogP contribution in [0.1, 0.15) is 15.9 Å². The lowest BCUT2D eigenvalue weighted by atomic mass is 10.1. The molecule has 0 fully saturated rings. The molecule has 0 spiro atoms. The van der Waals surface area contributed by atoms with E-state index in [4.69, 9.17) is 12.2 Å². The zero-order valence-corrected chi connectivity index (χ0v) is 15.0. The zero-order valence-electron chi connectivity index (χ0n) is 15.0. The van der Waals surface area contributed by atoms with Crippen LogP contribution >= 0.6 is 0 Å². The molecule has 1 heterocycles. The van der Waals surface area contributed by atoms with Crippen molar-refractivity contribution in [2.45, 2.75) is 12.7 Å². The van der Waals surface area contributed by atoms with Crippen LogP contribution in [0, 0.1) is 12.3 Å². The van der Waals surface area contributed by atoms with Crippen LogP contribution in [-0.4, -0.2) is 28.5 Å². The Kier molecular flexibility index (Phi) is 5.28. The van der Waals surface area contributed by atoms with Crippen LogP contribution in [0.2, 0.25) is 0 Å². The van der Waals surface area contributed by atoms with Gasteiger partial charge in [0.1, 0.15) is 0 Å². The van der Waals surface area contributed by atoms with E-state index in [0.29, 0.717) is 16.6 Å². The van der Waals surface area contributed by atoms with Crippen molar-refractivity contribution in [3.05, 3.63) is 63.9 Å². The number of carbonyl (C=O) groups is 1. The minimum Gasteiger partial charge on any atom is -0.369 e. The first-order chi connectivity index (χ1) is 13.7. The van der Waals surface area contributed by atoms with Gasteiger partial charge in [-0.2, -0.15) is 13.2 Å². The molecule has 148 valence electrons. The van der Waals surface area contributed by atoms with Gasteiger partial charge in [-0.25, -0.2) is 4.98 Å². The number of hydrogen-bond donors (Lipinski definition) is 2. The molecule has 29 heavy (non-hydrogen) atoms. The number of nitrogen functional groups attached to an aromatic ring is 1. The Labute approximate surface area is 163 Å². The van der Waals surface area contributed by atoms with E-state index in [1.54, 1.807) is 23.1 Å². The molecule has 3 N–H and O–H groups in total. The number of aromatic nitrogens is 2. The predicted octanol–water partition coefficient (Wildman–Crippen LogP) is 2.89. The first-order valence-corrected chi connectivity index (χ1v) is 8.37. The maximum absolute atomic E-state index is 12.6.